The molecule has 1 aromatic rings. The largest absolute Gasteiger partial charge is 0.389 e. The molecule has 0 aliphatic rings. The Labute approximate surface area is 114 Å². The highest BCUT2D eigenvalue weighted by molar-refractivity contribution is 7.80. The number of para-hydroxylation sites is 1. The van der Waals surface area contributed by atoms with Crippen LogP contribution in [0.2, 0.25) is 0 Å². The molecule has 0 fully saturated rings. The van der Waals surface area contributed by atoms with E-state index in [-0.39, 0.29) is 5.91 Å². The number of carbonyl (C=O) groups excluding carboxylic acids is 1. The summed E-state index contributed by atoms with van der Waals surface area (Å²) in [6, 6.07) is 7.43. The number of nitrogens with two attached hydrogens (primary N) is 1. The van der Waals surface area contributed by atoms with E-state index in [4.69, 9.17) is 18.0 Å². The van der Waals surface area contributed by atoms with E-state index in [1.54, 1.807) is 11.9 Å². The molecule has 0 unspecified atom stereocenters. The fourth-order valence-corrected chi connectivity index (χ4v) is 1.86. The van der Waals surface area contributed by atoms with Crippen LogP contribution in [-0.4, -0.2) is 17.9 Å². The predicted octanol–water partition coefficient (Wildman–Crippen LogP) is 2.72. The first-order chi connectivity index (χ1) is 8.31. The summed E-state index contributed by atoms with van der Waals surface area (Å²) in [6.45, 7) is 5.88. The highest BCUT2D eigenvalue weighted by Crippen LogP contribution is 2.27. The Morgan fingerprint density at radius 2 is 1.94 bits per heavy atom. The lowest BCUT2D eigenvalue weighted by molar-refractivity contribution is -0.126. The molecule has 0 bridgehead atoms. The van der Waals surface area contributed by atoms with E-state index in [9.17, 15) is 4.79 Å². The van der Waals surface area contributed by atoms with Crippen LogP contribution in [0.3, 0.4) is 0 Å². The molecule has 0 aromatic heterocycles. The van der Waals surface area contributed by atoms with Gasteiger partial charge < -0.3 is 10.6 Å². The van der Waals surface area contributed by atoms with E-state index in [1.807, 2.05) is 45.0 Å². The van der Waals surface area contributed by atoms with Gasteiger partial charge in [0, 0.05) is 18.0 Å². The van der Waals surface area contributed by atoms with E-state index >= 15 is 0 Å². The fraction of sp³-hybridized carbons (Fsp3) is 0.429. The summed E-state index contributed by atoms with van der Waals surface area (Å²) in [4.78, 5) is 14.4. The zero-order chi connectivity index (χ0) is 13.9. The third kappa shape index (κ3) is 2.88. The Bertz CT molecular complexity index is 469. The number of hydrogen-bond acceptors (Lipinski definition) is 2. The Kier molecular flexibility index (Phi) is 4.46. The van der Waals surface area contributed by atoms with Crippen LogP contribution in [0.15, 0.2) is 24.3 Å². The molecular formula is C14H20N2OS. The molecule has 18 heavy (non-hydrogen) atoms. The van der Waals surface area contributed by atoms with Gasteiger partial charge in [-0.05, 0) is 18.6 Å². The van der Waals surface area contributed by atoms with Gasteiger partial charge in [-0.25, -0.2) is 0 Å². The second-order valence-corrected chi connectivity index (χ2v) is 5.42. The standard InChI is InChI=1S/C14H20N2OS/c1-5-14(2,3)13(17)16(4)11-9-7-6-8-10(11)12(15)18/h6-9H,5H2,1-4H3,(H2,15,18). The van der Waals surface area contributed by atoms with E-state index in [1.165, 1.54) is 0 Å². The van der Waals surface area contributed by atoms with Gasteiger partial charge in [-0.3, -0.25) is 4.79 Å². The first-order valence-corrected chi connectivity index (χ1v) is 6.39. The van der Waals surface area contributed by atoms with Crippen LogP contribution in [0, 0.1) is 5.41 Å². The maximum atomic E-state index is 12.4. The molecule has 1 amide bonds. The second kappa shape index (κ2) is 5.48. The minimum Gasteiger partial charge on any atom is -0.389 e. The SMILES string of the molecule is CCC(C)(C)C(=O)N(C)c1ccccc1C(N)=S. The van der Waals surface area contributed by atoms with Crippen molar-refractivity contribution in [3.63, 3.8) is 0 Å². The normalized spacial score (nSPS) is 11.1. The minimum absolute atomic E-state index is 0.0636. The van der Waals surface area contributed by atoms with Gasteiger partial charge in [-0.15, -0.1) is 0 Å². The number of thiocarbonyl (C=S) groups is 1. The molecule has 0 saturated carbocycles. The van der Waals surface area contributed by atoms with Crippen molar-refractivity contribution in [1.29, 1.82) is 0 Å². The van der Waals surface area contributed by atoms with Crippen molar-refractivity contribution >= 4 is 28.8 Å². The Balaban J connectivity index is 3.16. The number of nitrogens with zero attached hydrogens (tertiary/aromatic N) is 1. The minimum atomic E-state index is -0.391. The van der Waals surface area contributed by atoms with Crippen molar-refractivity contribution in [3.8, 4) is 0 Å². The van der Waals surface area contributed by atoms with Gasteiger partial charge in [0.05, 0.1) is 5.69 Å². The van der Waals surface area contributed by atoms with Crippen LogP contribution in [0.4, 0.5) is 5.69 Å². The molecule has 0 spiro atoms. The highest BCUT2D eigenvalue weighted by Gasteiger charge is 2.30. The predicted molar refractivity (Wildman–Crippen MR) is 79.8 cm³/mol. The monoisotopic (exact) mass is 264 g/mol. The molecule has 0 atom stereocenters. The smallest absolute Gasteiger partial charge is 0.232 e. The molecule has 0 heterocycles. The second-order valence-electron chi connectivity index (χ2n) is 4.98. The zero-order valence-electron chi connectivity index (χ0n) is 11.4. The van der Waals surface area contributed by atoms with Crippen molar-refractivity contribution in [3.05, 3.63) is 29.8 Å². The van der Waals surface area contributed by atoms with Crippen LogP contribution in [0.1, 0.15) is 32.8 Å². The van der Waals surface area contributed by atoms with Gasteiger partial charge in [0.15, 0.2) is 0 Å². The lowest BCUT2D eigenvalue weighted by atomic mass is 9.88. The van der Waals surface area contributed by atoms with Crippen LogP contribution in [0.25, 0.3) is 0 Å². The summed E-state index contributed by atoms with van der Waals surface area (Å²) in [7, 11) is 1.76. The van der Waals surface area contributed by atoms with Crippen LogP contribution in [0.5, 0.6) is 0 Å². The first-order valence-electron chi connectivity index (χ1n) is 5.98. The summed E-state index contributed by atoms with van der Waals surface area (Å²) >= 11 is 5.02. The Morgan fingerprint density at radius 1 is 1.39 bits per heavy atom. The molecule has 1 aromatic carbocycles. The van der Waals surface area contributed by atoms with Gasteiger partial charge in [0.1, 0.15) is 4.99 Å². The van der Waals surface area contributed by atoms with Crippen molar-refractivity contribution < 1.29 is 4.79 Å². The average molecular weight is 264 g/mol. The molecule has 2 N–H and O–H groups in total. The third-order valence-corrected chi connectivity index (χ3v) is 3.52. The topological polar surface area (TPSA) is 46.3 Å². The summed E-state index contributed by atoms with van der Waals surface area (Å²) < 4.78 is 0. The quantitative estimate of drug-likeness (QED) is 0.851. The zero-order valence-corrected chi connectivity index (χ0v) is 12.2. The molecule has 0 aliphatic heterocycles. The molecule has 4 heteroatoms. The number of benzene rings is 1. The molecule has 0 saturated heterocycles. The van der Waals surface area contributed by atoms with Gasteiger partial charge in [0.2, 0.25) is 5.91 Å². The molecule has 98 valence electrons. The van der Waals surface area contributed by atoms with E-state index < -0.39 is 5.41 Å². The van der Waals surface area contributed by atoms with Gasteiger partial charge in [-0.2, -0.15) is 0 Å². The van der Waals surface area contributed by atoms with Gasteiger partial charge >= 0.3 is 0 Å². The van der Waals surface area contributed by atoms with E-state index in [2.05, 4.69) is 0 Å². The first kappa shape index (κ1) is 14.6. The lowest BCUT2D eigenvalue weighted by Crippen LogP contribution is -2.39. The van der Waals surface area contributed by atoms with E-state index in [0.29, 0.717) is 4.99 Å². The Morgan fingerprint density at radius 3 is 2.44 bits per heavy atom. The summed E-state index contributed by atoms with van der Waals surface area (Å²) in [5.74, 6) is 0.0636. The lowest BCUT2D eigenvalue weighted by Gasteiger charge is -2.29. The maximum absolute atomic E-state index is 12.4. The molecule has 3 nitrogen and oxygen atoms in total. The maximum Gasteiger partial charge on any atom is 0.232 e. The molecular weight excluding hydrogens is 244 g/mol. The van der Waals surface area contributed by atoms with Gasteiger partial charge in [-0.1, -0.05) is 45.1 Å². The van der Waals surface area contributed by atoms with E-state index in [0.717, 1.165) is 17.7 Å². The average Bonchev–Trinajstić information content (AvgIpc) is 2.36. The van der Waals surface area contributed by atoms with Crippen molar-refractivity contribution in [2.24, 2.45) is 11.1 Å². The molecule has 0 radical (unpaired) electrons. The number of anilines is 1. The Hall–Kier alpha value is -1.42. The fourth-order valence-electron chi connectivity index (χ4n) is 1.69. The third-order valence-electron chi connectivity index (χ3n) is 3.30. The number of hydrogen-bond donors (Lipinski definition) is 1. The summed E-state index contributed by atoms with van der Waals surface area (Å²) in [5, 5.41) is 0. The number of carbonyl (C=O) groups is 1. The molecule has 1 rings (SSSR count). The molecule has 0 aliphatic carbocycles. The number of amides is 1. The van der Waals surface area contributed by atoms with Gasteiger partial charge in [0.25, 0.3) is 0 Å². The summed E-state index contributed by atoms with van der Waals surface area (Å²) in [6.07, 6.45) is 0.783. The van der Waals surface area contributed by atoms with Crippen molar-refractivity contribution in [2.75, 3.05) is 11.9 Å². The van der Waals surface area contributed by atoms with Crippen LogP contribution < -0.4 is 10.6 Å². The number of rotatable bonds is 4. The van der Waals surface area contributed by atoms with Crippen molar-refractivity contribution in [1.82, 2.24) is 0 Å². The summed E-state index contributed by atoms with van der Waals surface area (Å²) in [5.41, 5.74) is 6.79. The highest BCUT2D eigenvalue weighted by atomic mass is 32.1. The van der Waals surface area contributed by atoms with Crippen LogP contribution in [-0.2, 0) is 4.79 Å². The van der Waals surface area contributed by atoms with Crippen LogP contribution >= 0.6 is 12.2 Å². The van der Waals surface area contributed by atoms with Crippen molar-refractivity contribution in [2.45, 2.75) is 27.2 Å².